The molecule has 3 aromatic rings. The summed E-state index contributed by atoms with van der Waals surface area (Å²) in [5.74, 6) is 0.718. The van der Waals surface area contributed by atoms with Gasteiger partial charge in [0, 0.05) is 11.1 Å². The number of aliphatic hydroxyl groups is 1. The molecule has 2 aromatic carbocycles. The number of para-hydroxylation sites is 2. The van der Waals surface area contributed by atoms with Gasteiger partial charge in [0.05, 0.1) is 23.2 Å². The van der Waals surface area contributed by atoms with Crippen molar-refractivity contribution in [3.05, 3.63) is 64.9 Å². The van der Waals surface area contributed by atoms with Gasteiger partial charge in [0.25, 0.3) is 0 Å². The molecule has 1 atom stereocenters. The molecule has 29 heavy (non-hydrogen) atoms. The van der Waals surface area contributed by atoms with Crippen molar-refractivity contribution in [3.63, 3.8) is 0 Å². The van der Waals surface area contributed by atoms with Crippen LogP contribution in [0.2, 0.25) is 5.02 Å². The highest BCUT2D eigenvalue weighted by molar-refractivity contribution is 6.30. The van der Waals surface area contributed by atoms with E-state index < -0.39 is 0 Å². The zero-order chi connectivity index (χ0) is 20.2. The number of carbonyl (C=O) groups is 1. The molecule has 0 aliphatic heterocycles. The van der Waals surface area contributed by atoms with E-state index in [0.717, 1.165) is 48.1 Å². The number of hydrogen-bond acceptors (Lipinski definition) is 3. The fourth-order valence-corrected chi connectivity index (χ4v) is 3.94. The smallest absolute Gasteiger partial charge is 0.315 e. The number of aromatic nitrogens is 2. The minimum absolute atomic E-state index is 0.0882. The fraction of sp³-hybridized carbons (Fsp3) is 0.364. The number of amides is 2. The van der Waals surface area contributed by atoms with Crippen LogP contribution in [-0.4, -0.2) is 33.3 Å². The molecule has 1 saturated carbocycles. The Balaban J connectivity index is 1.50. The van der Waals surface area contributed by atoms with Crippen LogP contribution in [0.3, 0.4) is 0 Å². The molecule has 6 nitrogen and oxygen atoms in total. The van der Waals surface area contributed by atoms with E-state index in [1.807, 2.05) is 48.5 Å². The number of nitrogens with one attached hydrogen (secondary N) is 3. The van der Waals surface area contributed by atoms with E-state index in [2.05, 4.69) is 20.6 Å². The molecule has 152 valence electrons. The van der Waals surface area contributed by atoms with Gasteiger partial charge >= 0.3 is 6.03 Å². The van der Waals surface area contributed by atoms with Gasteiger partial charge in [-0.25, -0.2) is 9.78 Å². The first-order valence-electron chi connectivity index (χ1n) is 10.0. The van der Waals surface area contributed by atoms with Crippen molar-refractivity contribution in [2.45, 2.75) is 50.3 Å². The Morgan fingerprint density at radius 1 is 1.14 bits per heavy atom. The van der Waals surface area contributed by atoms with Crippen molar-refractivity contribution in [1.82, 2.24) is 20.6 Å². The van der Waals surface area contributed by atoms with Crippen molar-refractivity contribution < 1.29 is 9.90 Å². The summed E-state index contributed by atoms with van der Waals surface area (Å²) in [6, 6.07) is 15.0. The first kappa shape index (κ1) is 19.7. The summed E-state index contributed by atoms with van der Waals surface area (Å²) < 4.78 is 0. The molecule has 1 fully saturated rings. The van der Waals surface area contributed by atoms with Gasteiger partial charge in [-0.1, -0.05) is 35.9 Å². The van der Waals surface area contributed by atoms with E-state index in [9.17, 15) is 9.90 Å². The second-order valence-electron chi connectivity index (χ2n) is 7.65. The quantitative estimate of drug-likeness (QED) is 0.508. The molecule has 2 amide bonds. The molecular weight excluding hydrogens is 388 g/mol. The van der Waals surface area contributed by atoms with Gasteiger partial charge in [0.15, 0.2) is 0 Å². The number of fused-ring (bicyclic) bond motifs is 1. The maximum atomic E-state index is 12.7. The van der Waals surface area contributed by atoms with E-state index in [-0.39, 0.29) is 24.2 Å². The number of hydrogen-bond donors (Lipinski definition) is 4. The monoisotopic (exact) mass is 412 g/mol. The molecule has 7 heteroatoms. The van der Waals surface area contributed by atoms with Gasteiger partial charge in [-0.2, -0.15) is 0 Å². The highest BCUT2D eigenvalue weighted by Gasteiger charge is 2.23. The molecule has 1 aliphatic rings. The molecule has 0 spiro atoms. The number of urea groups is 1. The number of aliphatic hydroxyl groups excluding tert-OH is 1. The van der Waals surface area contributed by atoms with Crippen LogP contribution in [0.25, 0.3) is 11.0 Å². The largest absolute Gasteiger partial charge is 0.393 e. The van der Waals surface area contributed by atoms with Crippen LogP contribution >= 0.6 is 11.6 Å². The lowest BCUT2D eigenvalue weighted by Crippen LogP contribution is -2.45. The number of H-pyrrole nitrogens is 1. The van der Waals surface area contributed by atoms with Crippen molar-refractivity contribution in [1.29, 1.82) is 0 Å². The molecular formula is C22H25ClN4O2. The van der Waals surface area contributed by atoms with Gasteiger partial charge in [-0.15, -0.1) is 0 Å². The topological polar surface area (TPSA) is 90.0 Å². The molecule has 0 radical (unpaired) electrons. The molecule has 0 bridgehead atoms. The average molecular weight is 413 g/mol. The Morgan fingerprint density at radius 2 is 1.86 bits per heavy atom. The SMILES string of the molecule is O=C(NC1CCC(O)CC1)N[C@H](Cc1ccc(Cl)cc1)c1nc2ccccc2[nH]1. The van der Waals surface area contributed by atoms with Crippen molar-refractivity contribution in [3.8, 4) is 0 Å². The van der Waals surface area contributed by atoms with Gasteiger partial charge < -0.3 is 20.7 Å². The standard InChI is InChI=1S/C22H25ClN4O2/c23-15-7-5-14(6-8-15)13-20(21-25-18-3-1-2-4-19(18)26-21)27-22(29)24-16-9-11-17(28)12-10-16/h1-8,16-17,20,28H,9-13H2,(H,25,26)(H2,24,27,29)/t16?,17?,20-/m1/s1. The number of halogens is 1. The zero-order valence-corrected chi connectivity index (χ0v) is 16.8. The normalized spacial score (nSPS) is 20.3. The van der Waals surface area contributed by atoms with Crippen LogP contribution in [0, 0.1) is 0 Å². The third-order valence-electron chi connectivity index (χ3n) is 5.43. The van der Waals surface area contributed by atoms with E-state index in [1.54, 1.807) is 0 Å². The van der Waals surface area contributed by atoms with E-state index in [4.69, 9.17) is 11.6 Å². The number of aromatic amines is 1. The first-order chi connectivity index (χ1) is 14.1. The van der Waals surface area contributed by atoms with E-state index in [0.29, 0.717) is 11.4 Å². The Hall–Kier alpha value is -2.57. The Bertz CT molecular complexity index is 931. The maximum absolute atomic E-state index is 12.7. The van der Waals surface area contributed by atoms with E-state index >= 15 is 0 Å². The second-order valence-corrected chi connectivity index (χ2v) is 8.08. The van der Waals surface area contributed by atoms with Crippen LogP contribution in [0.4, 0.5) is 4.79 Å². The summed E-state index contributed by atoms with van der Waals surface area (Å²) in [5.41, 5.74) is 2.86. The van der Waals surface area contributed by atoms with Crippen molar-refractivity contribution in [2.24, 2.45) is 0 Å². The van der Waals surface area contributed by atoms with Crippen LogP contribution in [0.15, 0.2) is 48.5 Å². The average Bonchev–Trinajstić information content (AvgIpc) is 3.15. The van der Waals surface area contributed by atoms with Crippen LogP contribution < -0.4 is 10.6 Å². The summed E-state index contributed by atoms with van der Waals surface area (Å²) in [7, 11) is 0. The molecule has 1 aliphatic carbocycles. The summed E-state index contributed by atoms with van der Waals surface area (Å²) in [5, 5.41) is 16.5. The summed E-state index contributed by atoms with van der Waals surface area (Å²) in [6.45, 7) is 0. The van der Waals surface area contributed by atoms with Crippen molar-refractivity contribution >= 4 is 28.7 Å². The lowest BCUT2D eigenvalue weighted by Gasteiger charge is -2.27. The predicted molar refractivity (Wildman–Crippen MR) is 114 cm³/mol. The molecule has 1 aromatic heterocycles. The Morgan fingerprint density at radius 3 is 2.59 bits per heavy atom. The number of carbonyl (C=O) groups excluding carboxylic acids is 1. The third-order valence-corrected chi connectivity index (χ3v) is 5.68. The lowest BCUT2D eigenvalue weighted by molar-refractivity contribution is 0.117. The molecule has 4 rings (SSSR count). The summed E-state index contributed by atoms with van der Waals surface area (Å²) >= 11 is 6.01. The van der Waals surface area contributed by atoms with Crippen LogP contribution in [0.5, 0.6) is 0 Å². The Kier molecular flexibility index (Phi) is 6.02. The molecule has 0 unspecified atom stereocenters. The van der Waals surface area contributed by atoms with Gasteiger partial charge in [0.2, 0.25) is 0 Å². The number of imidazole rings is 1. The molecule has 4 N–H and O–H groups in total. The van der Waals surface area contributed by atoms with Gasteiger partial charge in [-0.3, -0.25) is 0 Å². The highest BCUT2D eigenvalue weighted by atomic mass is 35.5. The van der Waals surface area contributed by atoms with Gasteiger partial charge in [0.1, 0.15) is 5.82 Å². The minimum Gasteiger partial charge on any atom is -0.393 e. The number of rotatable bonds is 5. The molecule has 1 heterocycles. The zero-order valence-electron chi connectivity index (χ0n) is 16.1. The van der Waals surface area contributed by atoms with Crippen molar-refractivity contribution in [2.75, 3.05) is 0 Å². The lowest BCUT2D eigenvalue weighted by atomic mass is 9.93. The highest BCUT2D eigenvalue weighted by Crippen LogP contribution is 2.22. The van der Waals surface area contributed by atoms with Crippen LogP contribution in [0.1, 0.15) is 43.1 Å². The number of nitrogens with zero attached hydrogens (tertiary/aromatic N) is 1. The third kappa shape index (κ3) is 5.08. The maximum Gasteiger partial charge on any atom is 0.315 e. The summed E-state index contributed by atoms with van der Waals surface area (Å²) in [4.78, 5) is 20.7. The predicted octanol–water partition coefficient (Wildman–Crippen LogP) is 4.10. The minimum atomic E-state index is -0.308. The number of benzene rings is 2. The van der Waals surface area contributed by atoms with Crippen LogP contribution in [-0.2, 0) is 6.42 Å². The van der Waals surface area contributed by atoms with Gasteiger partial charge in [-0.05, 0) is 61.9 Å². The summed E-state index contributed by atoms with van der Waals surface area (Å²) in [6.07, 6.45) is 3.38. The first-order valence-corrected chi connectivity index (χ1v) is 10.4. The van der Waals surface area contributed by atoms with E-state index in [1.165, 1.54) is 0 Å². The Labute approximate surface area is 174 Å². The second kappa shape index (κ2) is 8.84. The molecule has 0 saturated heterocycles. The fourth-order valence-electron chi connectivity index (χ4n) is 3.82.